The van der Waals surface area contributed by atoms with E-state index in [2.05, 4.69) is 31.0 Å². The Bertz CT molecular complexity index is 499. The van der Waals surface area contributed by atoms with Crippen LogP contribution < -0.4 is 5.32 Å². The van der Waals surface area contributed by atoms with Gasteiger partial charge in [-0.3, -0.25) is 4.79 Å². The van der Waals surface area contributed by atoms with Gasteiger partial charge in [-0.1, -0.05) is 51.0 Å². The minimum Gasteiger partial charge on any atom is -0.384 e. The molecule has 1 rings (SSSR count). The maximum absolute atomic E-state index is 12.2. The molecule has 1 atom stereocenters. The molecule has 0 bridgehead atoms. The van der Waals surface area contributed by atoms with Crippen molar-refractivity contribution in [3.8, 4) is 11.8 Å². The Balaban J connectivity index is 2.58. The molecule has 0 aliphatic carbocycles. The van der Waals surface area contributed by atoms with Gasteiger partial charge in [0.25, 0.3) is 5.91 Å². The number of nitrogens with one attached hydrogen (secondary N) is 1. The lowest BCUT2D eigenvalue weighted by Crippen LogP contribution is -2.29. The van der Waals surface area contributed by atoms with Crippen molar-refractivity contribution in [3.05, 3.63) is 35.4 Å². The Morgan fingerprint density at radius 3 is 2.86 bits per heavy atom. The number of carbonyl (C=O) groups excluding carboxylic acids is 1. The molecule has 0 saturated heterocycles. The monoisotopic (exact) mass is 287 g/mol. The number of unbranched alkanes of at least 4 members (excludes halogenated alkanes) is 1. The quantitative estimate of drug-likeness (QED) is 0.757. The van der Waals surface area contributed by atoms with Crippen LogP contribution in [-0.2, 0) is 0 Å². The first kappa shape index (κ1) is 17.3. The highest BCUT2D eigenvalue weighted by Crippen LogP contribution is 2.12. The molecule has 1 aromatic rings. The summed E-state index contributed by atoms with van der Waals surface area (Å²) in [6, 6.07) is 7.18. The van der Waals surface area contributed by atoms with Gasteiger partial charge in [0, 0.05) is 17.7 Å². The number of carbonyl (C=O) groups is 1. The van der Waals surface area contributed by atoms with Crippen molar-refractivity contribution in [2.45, 2.75) is 39.5 Å². The smallest absolute Gasteiger partial charge is 0.251 e. The molecule has 3 heteroatoms. The van der Waals surface area contributed by atoms with E-state index in [9.17, 15) is 4.79 Å². The number of rotatable bonds is 7. The molecule has 1 aromatic carbocycles. The fraction of sp³-hybridized carbons (Fsp3) is 0.500. The molecular formula is C18H25NO2. The van der Waals surface area contributed by atoms with Gasteiger partial charge >= 0.3 is 0 Å². The predicted molar refractivity (Wildman–Crippen MR) is 86.0 cm³/mol. The Hall–Kier alpha value is -1.79. The number of aliphatic hydroxyl groups excluding tert-OH is 1. The highest BCUT2D eigenvalue weighted by molar-refractivity contribution is 5.94. The first-order valence-electron chi connectivity index (χ1n) is 7.69. The van der Waals surface area contributed by atoms with E-state index in [1.54, 1.807) is 12.1 Å². The molecule has 114 valence electrons. The molecule has 21 heavy (non-hydrogen) atoms. The third-order valence-corrected chi connectivity index (χ3v) is 3.53. The number of hydrogen-bond acceptors (Lipinski definition) is 2. The summed E-state index contributed by atoms with van der Waals surface area (Å²) in [5.74, 6) is 5.89. The van der Waals surface area contributed by atoms with Crippen LogP contribution in [0.15, 0.2) is 24.3 Å². The van der Waals surface area contributed by atoms with Crippen LogP contribution in [0.5, 0.6) is 0 Å². The molecule has 0 heterocycles. The lowest BCUT2D eigenvalue weighted by atomic mass is 9.99. The van der Waals surface area contributed by atoms with Crippen LogP contribution in [0.1, 0.15) is 55.5 Å². The van der Waals surface area contributed by atoms with E-state index in [0.717, 1.165) is 24.9 Å². The van der Waals surface area contributed by atoms with Gasteiger partial charge in [0.15, 0.2) is 0 Å². The van der Waals surface area contributed by atoms with E-state index in [0.29, 0.717) is 11.5 Å². The zero-order chi connectivity index (χ0) is 15.5. The zero-order valence-electron chi connectivity index (χ0n) is 13.0. The molecule has 1 amide bonds. The summed E-state index contributed by atoms with van der Waals surface area (Å²) in [5.41, 5.74) is 1.36. The maximum Gasteiger partial charge on any atom is 0.251 e. The molecule has 2 N–H and O–H groups in total. The number of hydrogen-bond donors (Lipinski definition) is 2. The van der Waals surface area contributed by atoms with Gasteiger partial charge in [-0.2, -0.15) is 0 Å². The van der Waals surface area contributed by atoms with Crippen molar-refractivity contribution in [1.29, 1.82) is 0 Å². The van der Waals surface area contributed by atoms with Crippen LogP contribution in [0, 0.1) is 17.8 Å². The van der Waals surface area contributed by atoms with E-state index in [-0.39, 0.29) is 12.5 Å². The average Bonchev–Trinajstić information content (AvgIpc) is 2.53. The number of benzene rings is 1. The summed E-state index contributed by atoms with van der Waals surface area (Å²) in [6.45, 7) is 4.90. The van der Waals surface area contributed by atoms with Crippen molar-refractivity contribution in [2.24, 2.45) is 5.92 Å². The molecule has 0 aromatic heterocycles. The molecule has 0 fully saturated rings. The third-order valence-electron chi connectivity index (χ3n) is 3.53. The Labute approximate surface area is 127 Å². The van der Waals surface area contributed by atoms with Crippen molar-refractivity contribution in [2.75, 3.05) is 13.2 Å². The lowest BCUT2D eigenvalue weighted by molar-refractivity contribution is 0.0946. The molecule has 0 aliphatic rings. The predicted octanol–water partition coefficient (Wildman–Crippen LogP) is 2.98. The second kappa shape index (κ2) is 10.0. The summed E-state index contributed by atoms with van der Waals surface area (Å²) in [4.78, 5) is 12.2. The second-order valence-corrected chi connectivity index (χ2v) is 5.17. The molecule has 0 spiro atoms. The van der Waals surface area contributed by atoms with Crippen LogP contribution in [0.25, 0.3) is 0 Å². The normalized spacial score (nSPS) is 11.4. The zero-order valence-corrected chi connectivity index (χ0v) is 13.0. The first-order chi connectivity index (χ1) is 10.2. The van der Waals surface area contributed by atoms with Crippen LogP contribution in [0.3, 0.4) is 0 Å². The van der Waals surface area contributed by atoms with E-state index >= 15 is 0 Å². The third kappa shape index (κ3) is 6.46. The van der Waals surface area contributed by atoms with Crippen LogP contribution in [-0.4, -0.2) is 24.2 Å². The van der Waals surface area contributed by atoms with Crippen molar-refractivity contribution in [3.63, 3.8) is 0 Å². The van der Waals surface area contributed by atoms with E-state index in [4.69, 9.17) is 5.11 Å². The van der Waals surface area contributed by atoms with Gasteiger partial charge in [0.2, 0.25) is 0 Å². The minimum atomic E-state index is -0.175. The standard InChI is InChI=1S/C18H25NO2/c1-3-5-8-15(4-2)14-19-18(21)17-11-6-9-16(13-17)10-7-12-20/h6,9,11,13,15,20H,3-5,8,12,14H2,1-2H3,(H,19,21). The van der Waals surface area contributed by atoms with Gasteiger partial charge in [-0.15, -0.1) is 0 Å². The maximum atomic E-state index is 12.2. The molecule has 0 saturated carbocycles. The van der Waals surface area contributed by atoms with Gasteiger partial charge in [-0.25, -0.2) is 0 Å². The van der Waals surface area contributed by atoms with Crippen LogP contribution >= 0.6 is 0 Å². The fourth-order valence-electron chi connectivity index (χ4n) is 2.16. The van der Waals surface area contributed by atoms with Gasteiger partial charge in [0.05, 0.1) is 0 Å². The van der Waals surface area contributed by atoms with E-state index in [1.165, 1.54) is 12.8 Å². The van der Waals surface area contributed by atoms with E-state index in [1.807, 2.05) is 12.1 Å². The van der Waals surface area contributed by atoms with Gasteiger partial charge in [-0.05, 0) is 30.5 Å². The summed E-state index contributed by atoms with van der Waals surface area (Å²) in [5, 5.41) is 11.7. The van der Waals surface area contributed by atoms with Crippen molar-refractivity contribution >= 4 is 5.91 Å². The fourth-order valence-corrected chi connectivity index (χ4v) is 2.16. The van der Waals surface area contributed by atoms with Crippen molar-refractivity contribution < 1.29 is 9.90 Å². The SMILES string of the molecule is CCCCC(CC)CNC(=O)c1cccc(C#CCO)c1. The first-order valence-corrected chi connectivity index (χ1v) is 7.69. The Morgan fingerprint density at radius 2 is 2.19 bits per heavy atom. The molecule has 0 radical (unpaired) electrons. The van der Waals surface area contributed by atoms with Crippen LogP contribution in [0.4, 0.5) is 0 Å². The highest BCUT2D eigenvalue weighted by atomic mass is 16.2. The topological polar surface area (TPSA) is 49.3 Å². The lowest BCUT2D eigenvalue weighted by Gasteiger charge is -2.15. The summed E-state index contributed by atoms with van der Waals surface area (Å²) in [6.07, 6.45) is 4.65. The Morgan fingerprint density at radius 1 is 1.38 bits per heavy atom. The Kier molecular flexibility index (Phi) is 8.23. The number of amides is 1. The van der Waals surface area contributed by atoms with Crippen LogP contribution in [0.2, 0.25) is 0 Å². The van der Waals surface area contributed by atoms with Crippen molar-refractivity contribution in [1.82, 2.24) is 5.32 Å². The summed E-state index contributed by atoms with van der Waals surface area (Å²) in [7, 11) is 0. The van der Waals surface area contributed by atoms with Gasteiger partial charge < -0.3 is 10.4 Å². The molecule has 3 nitrogen and oxygen atoms in total. The highest BCUT2D eigenvalue weighted by Gasteiger charge is 2.10. The van der Waals surface area contributed by atoms with Gasteiger partial charge in [0.1, 0.15) is 6.61 Å². The molecular weight excluding hydrogens is 262 g/mol. The largest absolute Gasteiger partial charge is 0.384 e. The minimum absolute atomic E-state index is 0.0578. The average molecular weight is 287 g/mol. The molecule has 0 aliphatic heterocycles. The number of aliphatic hydroxyl groups is 1. The summed E-state index contributed by atoms with van der Waals surface area (Å²) >= 11 is 0. The molecule has 1 unspecified atom stereocenters. The summed E-state index contributed by atoms with van der Waals surface area (Å²) < 4.78 is 0. The van der Waals surface area contributed by atoms with E-state index < -0.39 is 0 Å². The second-order valence-electron chi connectivity index (χ2n) is 5.17.